The number of rotatable bonds is 9. The molecule has 2 rings (SSSR count). The van der Waals surface area contributed by atoms with Gasteiger partial charge in [0.05, 0.1) is 11.6 Å². The largest absolute Gasteiger partial charge is 0.486 e. The van der Waals surface area contributed by atoms with Gasteiger partial charge in [0.15, 0.2) is 17.5 Å². The molecule has 1 aliphatic heterocycles. The lowest BCUT2D eigenvalue weighted by molar-refractivity contribution is 0.171. The second-order valence-electron chi connectivity index (χ2n) is 6.34. The van der Waals surface area contributed by atoms with Gasteiger partial charge in [0.25, 0.3) is 0 Å². The summed E-state index contributed by atoms with van der Waals surface area (Å²) in [6.07, 6.45) is 3.00. The van der Waals surface area contributed by atoms with Crippen molar-refractivity contribution in [3.8, 4) is 11.5 Å². The molecule has 0 fully saturated rings. The van der Waals surface area contributed by atoms with E-state index in [1.807, 2.05) is 19.1 Å². The third-order valence-electron chi connectivity index (χ3n) is 4.21. The normalized spacial score (nSPS) is 14.3. The van der Waals surface area contributed by atoms with Crippen molar-refractivity contribution in [2.45, 2.75) is 39.7 Å². The molecule has 1 aliphatic rings. The average Bonchev–Trinajstić information content (AvgIpc) is 2.64. The lowest BCUT2D eigenvalue weighted by Crippen LogP contribution is -2.40. The molecule has 1 heterocycles. The van der Waals surface area contributed by atoms with E-state index in [4.69, 9.17) is 21.1 Å². The minimum absolute atomic E-state index is 0. The zero-order valence-corrected chi connectivity index (χ0v) is 19.2. The van der Waals surface area contributed by atoms with Crippen molar-refractivity contribution in [3.05, 3.63) is 22.7 Å². The highest BCUT2D eigenvalue weighted by molar-refractivity contribution is 14.0. The Bertz CT molecular complexity index is 596. The number of aliphatic imine (C=N–C) groups is 1. The van der Waals surface area contributed by atoms with Gasteiger partial charge < -0.3 is 25.2 Å². The summed E-state index contributed by atoms with van der Waals surface area (Å²) in [5.74, 6) is 2.50. The van der Waals surface area contributed by atoms with Crippen LogP contribution < -0.4 is 20.1 Å². The van der Waals surface area contributed by atoms with Gasteiger partial charge in [-0.1, -0.05) is 24.9 Å². The van der Waals surface area contributed by atoms with Crippen LogP contribution in [0.3, 0.4) is 0 Å². The molecule has 0 saturated carbocycles. The lowest BCUT2D eigenvalue weighted by Gasteiger charge is -2.20. The standard InChI is InChI=1S/C19H30ClN3O3.HI/c1-3-5-14(6-7-24)12-22-19(21-4-2)23-13-15-10-16(20)18-17(11-15)25-8-9-26-18;/h10-11,14,24H,3-9,12-13H2,1-2H3,(H2,21,22,23);1H. The Balaban J connectivity index is 0.00000364. The van der Waals surface area contributed by atoms with Crippen molar-refractivity contribution in [2.75, 3.05) is 32.9 Å². The number of halogens is 2. The fourth-order valence-corrected chi connectivity index (χ4v) is 3.24. The molecule has 1 aromatic carbocycles. The molecule has 6 nitrogen and oxygen atoms in total. The third-order valence-corrected chi connectivity index (χ3v) is 4.49. The summed E-state index contributed by atoms with van der Waals surface area (Å²) in [5.41, 5.74) is 0.969. The van der Waals surface area contributed by atoms with E-state index in [1.54, 1.807) is 0 Å². The predicted molar refractivity (Wildman–Crippen MR) is 121 cm³/mol. The SMILES string of the molecule is CCCC(CCO)CNC(=NCc1cc(Cl)c2c(c1)OCCO2)NCC.I. The Hall–Kier alpha value is -0.930. The predicted octanol–water partition coefficient (Wildman–Crippen LogP) is 3.58. The van der Waals surface area contributed by atoms with E-state index in [9.17, 15) is 5.11 Å². The third kappa shape index (κ3) is 7.91. The number of nitrogens with zero attached hydrogens (tertiary/aromatic N) is 1. The highest BCUT2D eigenvalue weighted by atomic mass is 127. The molecule has 3 N–H and O–H groups in total. The second-order valence-corrected chi connectivity index (χ2v) is 6.75. The topological polar surface area (TPSA) is 75.1 Å². The van der Waals surface area contributed by atoms with Crippen LogP contribution in [-0.2, 0) is 6.54 Å². The molecule has 154 valence electrons. The van der Waals surface area contributed by atoms with Crippen LogP contribution in [0.25, 0.3) is 0 Å². The summed E-state index contributed by atoms with van der Waals surface area (Å²) in [4.78, 5) is 4.64. The summed E-state index contributed by atoms with van der Waals surface area (Å²) in [5, 5.41) is 16.4. The maximum Gasteiger partial charge on any atom is 0.191 e. The molecule has 27 heavy (non-hydrogen) atoms. The first kappa shape index (κ1) is 24.1. The summed E-state index contributed by atoms with van der Waals surface area (Å²) in [6.45, 7) is 7.54. The van der Waals surface area contributed by atoms with Crippen molar-refractivity contribution in [1.29, 1.82) is 0 Å². The van der Waals surface area contributed by atoms with Gasteiger partial charge in [-0.25, -0.2) is 4.99 Å². The van der Waals surface area contributed by atoms with Crippen LogP contribution in [0.5, 0.6) is 11.5 Å². The smallest absolute Gasteiger partial charge is 0.191 e. The molecule has 0 bridgehead atoms. The van der Waals surface area contributed by atoms with E-state index in [1.165, 1.54) is 0 Å². The minimum atomic E-state index is 0. The molecule has 8 heteroatoms. The molecule has 0 aromatic heterocycles. The van der Waals surface area contributed by atoms with Crippen LogP contribution in [0.15, 0.2) is 17.1 Å². The van der Waals surface area contributed by atoms with Crippen molar-refractivity contribution < 1.29 is 14.6 Å². The van der Waals surface area contributed by atoms with E-state index in [-0.39, 0.29) is 30.6 Å². The Morgan fingerprint density at radius 3 is 2.70 bits per heavy atom. The fourth-order valence-electron chi connectivity index (χ4n) is 2.95. The maximum atomic E-state index is 9.20. The van der Waals surface area contributed by atoms with Gasteiger partial charge in [-0.3, -0.25) is 0 Å². The first-order valence-corrected chi connectivity index (χ1v) is 9.76. The van der Waals surface area contributed by atoms with Gasteiger partial charge in [0.2, 0.25) is 0 Å². The van der Waals surface area contributed by atoms with Crippen molar-refractivity contribution in [2.24, 2.45) is 10.9 Å². The molecular formula is C19H31ClIN3O3. The monoisotopic (exact) mass is 511 g/mol. The molecule has 0 aliphatic carbocycles. The number of benzene rings is 1. The van der Waals surface area contributed by atoms with E-state index in [0.717, 1.165) is 43.9 Å². The number of aliphatic hydroxyl groups is 1. The Kier molecular flexibility index (Phi) is 11.9. The highest BCUT2D eigenvalue weighted by Gasteiger charge is 2.16. The van der Waals surface area contributed by atoms with Crippen LogP contribution in [0.4, 0.5) is 0 Å². The Morgan fingerprint density at radius 2 is 2.00 bits per heavy atom. The summed E-state index contributed by atoms with van der Waals surface area (Å²) in [7, 11) is 0. The number of hydrogen-bond acceptors (Lipinski definition) is 4. The van der Waals surface area contributed by atoms with Crippen molar-refractivity contribution in [3.63, 3.8) is 0 Å². The summed E-state index contributed by atoms with van der Waals surface area (Å²) in [6, 6.07) is 3.80. The molecule has 1 atom stereocenters. The van der Waals surface area contributed by atoms with Gasteiger partial charge in [-0.2, -0.15) is 0 Å². The van der Waals surface area contributed by atoms with Crippen LogP contribution in [0.2, 0.25) is 5.02 Å². The number of ether oxygens (including phenoxy) is 2. The van der Waals surface area contributed by atoms with E-state index >= 15 is 0 Å². The Labute approximate surface area is 184 Å². The lowest BCUT2D eigenvalue weighted by atomic mass is 10.0. The molecular weight excluding hydrogens is 481 g/mol. The van der Waals surface area contributed by atoms with Gasteiger partial charge >= 0.3 is 0 Å². The molecule has 1 aromatic rings. The van der Waals surface area contributed by atoms with Crippen LogP contribution in [-0.4, -0.2) is 44.0 Å². The summed E-state index contributed by atoms with van der Waals surface area (Å²) < 4.78 is 11.2. The van der Waals surface area contributed by atoms with Gasteiger partial charge in [-0.05, 0) is 43.4 Å². The first-order chi connectivity index (χ1) is 12.7. The van der Waals surface area contributed by atoms with E-state index in [2.05, 4.69) is 22.5 Å². The van der Waals surface area contributed by atoms with Crippen LogP contribution >= 0.6 is 35.6 Å². The Morgan fingerprint density at radius 1 is 1.22 bits per heavy atom. The molecule has 0 radical (unpaired) electrons. The number of hydrogen-bond donors (Lipinski definition) is 3. The first-order valence-electron chi connectivity index (χ1n) is 9.38. The van der Waals surface area contributed by atoms with Crippen molar-refractivity contribution >= 4 is 41.5 Å². The highest BCUT2D eigenvalue weighted by Crippen LogP contribution is 2.38. The van der Waals surface area contributed by atoms with Gasteiger partial charge in [0.1, 0.15) is 13.2 Å². The average molecular weight is 512 g/mol. The quantitative estimate of drug-likeness (QED) is 0.268. The van der Waals surface area contributed by atoms with Crippen LogP contribution in [0.1, 0.15) is 38.7 Å². The molecule has 0 amide bonds. The maximum absolute atomic E-state index is 9.20. The zero-order chi connectivity index (χ0) is 18.8. The number of fused-ring (bicyclic) bond motifs is 1. The molecule has 0 saturated heterocycles. The fraction of sp³-hybridized carbons (Fsp3) is 0.632. The summed E-state index contributed by atoms with van der Waals surface area (Å²) >= 11 is 6.29. The number of nitrogens with one attached hydrogen (secondary N) is 2. The minimum Gasteiger partial charge on any atom is -0.486 e. The van der Waals surface area contributed by atoms with Crippen molar-refractivity contribution in [1.82, 2.24) is 10.6 Å². The zero-order valence-electron chi connectivity index (χ0n) is 16.1. The van der Waals surface area contributed by atoms with E-state index in [0.29, 0.717) is 42.2 Å². The van der Waals surface area contributed by atoms with Gasteiger partial charge in [-0.15, -0.1) is 24.0 Å². The van der Waals surface area contributed by atoms with Gasteiger partial charge in [0, 0.05) is 19.7 Å². The number of guanidine groups is 1. The molecule has 0 spiro atoms. The second kappa shape index (κ2) is 13.3. The van der Waals surface area contributed by atoms with Crippen LogP contribution in [0, 0.1) is 5.92 Å². The molecule has 1 unspecified atom stereocenters. The number of aliphatic hydroxyl groups excluding tert-OH is 1. The van der Waals surface area contributed by atoms with E-state index < -0.39 is 0 Å².